The van der Waals surface area contributed by atoms with Crippen molar-refractivity contribution in [3.05, 3.63) is 59.3 Å². The normalized spacial score (nSPS) is 17.4. The van der Waals surface area contributed by atoms with Crippen molar-refractivity contribution >= 4 is 11.6 Å². The van der Waals surface area contributed by atoms with Gasteiger partial charge in [-0.25, -0.2) is 4.99 Å². The molecule has 1 fully saturated rings. The number of hydrogen-bond acceptors (Lipinski definition) is 3. The predicted molar refractivity (Wildman–Crippen MR) is 105 cm³/mol. The molecule has 0 saturated carbocycles. The van der Waals surface area contributed by atoms with E-state index < -0.39 is 11.7 Å². The predicted octanol–water partition coefficient (Wildman–Crippen LogP) is 4.40. The van der Waals surface area contributed by atoms with Gasteiger partial charge in [0.1, 0.15) is 5.84 Å². The Hall–Kier alpha value is -2.41. The summed E-state index contributed by atoms with van der Waals surface area (Å²) in [6.07, 6.45) is 1.40. The average molecular weight is 393 g/mol. The van der Waals surface area contributed by atoms with E-state index >= 15 is 0 Å². The summed E-state index contributed by atoms with van der Waals surface area (Å²) in [6.45, 7) is 6.91. The van der Waals surface area contributed by atoms with E-state index in [4.69, 9.17) is 0 Å². The number of nitrogens with zero attached hydrogens (tertiary/aromatic N) is 3. The summed E-state index contributed by atoms with van der Waals surface area (Å²) in [5.74, 6) is 0.246. The molecule has 28 heavy (non-hydrogen) atoms. The highest BCUT2D eigenvalue weighted by molar-refractivity contribution is 6.27. The quantitative estimate of drug-likeness (QED) is 0.322. The maximum absolute atomic E-state index is 13.1. The Bertz CT molecular complexity index is 756. The molecule has 0 aliphatic carbocycles. The van der Waals surface area contributed by atoms with E-state index in [1.54, 1.807) is 18.4 Å². The van der Waals surface area contributed by atoms with Crippen molar-refractivity contribution in [3.8, 4) is 0 Å². The number of amidine groups is 1. The Morgan fingerprint density at radius 2 is 1.75 bits per heavy atom. The zero-order chi connectivity index (χ0) is 20.7. The highest BCUT2D eigenvalue weighted by atomic mass is 19.4. The number of likely N-dealkylation sites (N-methyl/N-ethyl adjacent to an activating group) is 1. The molecular weight excluding hydrogens is 367 g/mol. The molecule has 7 heteroatoms. The standard InChI is InChI=1S/C21H26F3N3O/c1-4-6-18(19(28)16-7-9-17(10-8-16)21(22,23)24)20(25-11-5-2)27-14-12-26(3)13-15-27/h5-11H,4,12-15H2,1-3H3/b11-5-,18-6+,25-20+. The second-order valence-corrected chi connectivity index (χ2v) is 6.66. The van der Waals surface area contributed by atoms with Gasteiger partial charge in [0.15, 0.2) is 5.78 Å². The molecule has 1 aromatic carbocycles. The van der Waals surface area contributed by atoms with E-state index in [9.17, 15) is 18.0 Å². The van der Waals surface area contributed by atoms with E-state index in [0.717, 1.165) is 38.3 Å². The van der Waals surface area contributed by atoms with E-state index in [2.05, 4.69) is 14.8 Å². The van der Waals surface area contributed by atoms with Gasteiger partial charge in [-0.15, -0.1) is 0 Å². The summed E-state index contributed by atoms with van der Waals surface area (Å²) in [6, 6.07) is 4.34. The van der Waals surface area contributed by atoms with Gasteiger partial charge in [-0.3, -0.25) is 4.79 Å². The Morgan fingerprint density at radius 1 is 1.14 bits per heavy atom. The number of halogens is 3. The van der Waals surface area contributed by atoms with Crippen LogP contribution in [0, 0.1) is 0 Å². The lowest BCUT2D eigenvalue weighted by molar-refractivity contribution is -0.137. The second-order valence-electron chi connectivity index (χ2n) is 6.66. The molecule has 0 radical (unpaired) electrons. The minimum absolute atomic E-state index is 0.218. The Kier molecular flexibility index (Phi) is 7.57. The molecule has 2 rings (SSSR count). The van der Waals surface area contributed by atoms with Crippen molar-refractivity contribution in [2.24, 2.45) is 4.99 Å². The minimum Gasteiger partial charge on any atom is -0.353 e. The molecule has 4 nitrogen and oxygen atoms in total. The van der Waals surface area contributed by atoms with Gasteiger partial charge in [0.05, 0.1) is 11.1 Å². The zero-order valence-electron chi connectivity index (χ0n) is 16.5. The van der Waals surface area contributed by atoms with Gasteiger partial charge in [0.25, 0.3) is 0 Å². The third-order valence-electron chi connectivity index (χ3n) is 4.52. The van der Waals surface area contributed by atoms with Gasteiger partial charge in [-0.05, 0) is 32.5 Å². The van der Waals surface area contributed by atoms with Gasteiger partial charge >= 0.3 is 6.18 Å². The van der Waals surface area contributed by atoms with Crippen LogP contribution in [0.5, 0.6) is 0 Å². The zero-order valence-corrected chi connectivity index (χ0v) is 16.5. The Balaban J connectivity index is 2.37. The molecule has 0 atom stereocenters. The van der Waals surface area contributed by atoms with Crippen LogP contribution >= 0.6 is 0 Å². The number of rotatable bonds is 5. The first-order chi connectivity index (χ1) is 13.3. The minimum atomic E-state index is -4.43. The van der Waals surface area contributed by atoms with E-state index in [1.165, 1.54) is 12.1 Å². The molecular formula is C21H26F3N3O. The first-order valence-corrected chi connectivity index (χ1v) is 9.32. The molecule has 0 amide bonds. The number of carbonyl (C=O) groups is 1. The third-order valence-corrected chi connectivity index (χ3v) is 4.52. The molecule has 1 aliphatic heterocycles. The van der Waals surface area contributed by atoms with Crippen molar-refractivity contribution in [2.75, 3.05) is 33.2 Å². The fourth-order valence-electron chi connectivity index (χ4n) is 2.94. The second kappa shape index (κ2) is 9.68. The van der Waals surface area contributed by atoms with Gasteiger partial charge in [0, 0.05) is 37.9 Å². The summed E-state index contributed by atoms with van der Waals surface area (Å²) in [5, 5.41) is 0. The summed E-state index contributed by atoms with van der Waals surface area (Å²) in [4.78, 5) is 21.9. The number of benzene rings is 1. The lowest BCUT2D eigenvalue weighted by atomic mass is 9.99. The monoisotopic (exact) mass is 393 g/mol. The molecule has 0 bridgehead atoms. The van der Waals surface area contributed by atoms with Crippen LogP contribution in [-0.4, -0.2) is 54.6 Å². The largest absolute Gasteiger partial charge is 0.416 e. The smallest absolute Gasteiger partial charge is 0.353 e. The molecule has 0 N–H and O–H groups in total. The van der Waals surface area contributed by atoms with Crippen molar-refractivity contribution in [1.82, 2.24) is 9.80 Å². The average Bonchev–Trinajstić information content (AvgIpc) is 2.67. The van der Waals surface area contributed by atoms with Crippen molar-refractivity contribution in [1.29, 1.82) is 0 Å². The molecule has 0 unspecified atom stereocenters. The van der Waals surface area contributed by atoms with Crippen LogP contribution in [0.15, 0.2) is 53.2 Å². The number of alkyl halides is 3. The molecule has 1 saturated heterocycles. The highest BCUT2D eigenvalue weighted by Gasteiger charge is 2.31. The van der Waals surface area contributed by atoms with Crippen LogP contribution in [0.1, 0.15) is 36.2 Å². The molecule has 0 aromatic heterocycles. The lowest BCUT2D eigenvalue weighted by Gasteiger charge is -2.35. The number of carbonyl (C=O) groups excluding carboxylic acids is 1. The van der Waals surface area contributed by atoms with Crippen LogP contribution in [0.3, 0.4) is 0 Å². The third kappa shape index (κ3) is 5.55. The van der Waals surface area contributed by atoms with E-state index in [-0.39, 0.29) is 11.3 Å². The fraction of sp³-hybridized carbons (Fsp3) is 0.429. The number of allylic oxidation sites excluding steroid dienone is 2. The van der Waals surface area contributed by atoms with Gasteiger partial charge in [-0.1, -0.05) is 31.2 Å². The Labute approximate surface area is 164 Å². The maximum atomic E-state index is 13.1. The Morgan fingerprint density at radius 3 is 2.25 bits per heavy atom. The maximum Gasteiger partial charge on any atom is 0.416 e. The van der Waals surface area contributed by atoms with Crippen molar-refractivity contribution < 1.29 is 18.0 Å². The lowest BCUT2D eigenvalue weighted by Crippen LogP contribution is -2.48. The summed E-state index contributed by atoms with van der Waals surface area (Å²) < 4.78 is 38.4. The summed E-state index contributed by atoms with van der Waals surface area (Å²) >= 11 is 0. The van der Waals surface area contributed by atoms with Crippen LogP contribution in [0.25, 0.3) is 0 Å². The molecule has 152 valence electrons. The van der Waals surface area contributed by atoms with Crippen LogP contribution in [0.2, 0.25) is 0 Å². The number of Topliss-reactive ketones (excluding diaryl/α,β-unsaturated/α-hetero) is 1. The van der Waals surface area contributed by atoms with Crippen LogP contribution in [-0.2, 0) is 6.18 Å². The van der Waals surface area contributed by atoms with Gasteiger partial charge in [0.2, 0.25) is 0 Å². The number of aliphatic imine (C=N–C) groups is 1. The van der Waals surface area contributed by atoms with Gasteiger partial charge in [-0.2, -0.15) is 13.2 Å². The molecule has 1 heterocycles. The molecule has 1 aromatic rings. The van der Waals surface area contributed by atoms with Crippen LogP contribution in [0.4, 0.5) is 13.2 Å². The van der Waals surface area contributed by atoms with E-state index in [1.807, 2.05) is 20.9 Å². The number of piperazine rings is 1. The molecule has 1 aliphatic rings. The topological polar surface area (TPSA) is 35.9 Å². The van der Waals surface area contributed by atoms with Gasteiger partial charge < -0.3 is 9.80 Å². The number of ketones is 1. The SMILES string of the molecule is C\C=C/N=C(\C(=C\CC)C(=O)c1ccc(C(F)(F)F)cc1)N1CCN(C)CC1. The van der Waals surface area contributed by atoms with E-state index in [0.29, 0.717) is 17.8 Å². The van der Waals surface area contributed by atoms with Crippen molar-refractivity contribution in [2.45, 2.75) is 26.4 Å². The summed E-state index contributed by atoms with van der Waals surface area (Å²) in [5.41, 5.74) is -0.133. The first kappa shape index (κ1) is 21.9. The highest BCUT2D eigenvalue weighted by Crippen LogP contribution is 2.29. The fourth-order valence-corrected chi connectivity index (χ4v) is 2.94. The molecule has 0 spiro atoms. The van der Waals surface area contributed by atoms with Crippen molar-refractivity contribution in [3.63, 3.8) is 0 Å². The van der Waals surface area contributed by atoms with Crippen LogP contribution < -0.4 is 0 Å². The first-order valence-electron chi connectivity index (χ1n) is 9.32. The number of hydrogen-bond donors (Lipinski definition) is 0. The summed E-state index contributed by atoms with van der Waals surface area (Å²) in [7, 11) is 2.04.